The molecule has 0 radical (unpaired) electrons. The number of halogens is 2. The number of rotatable bonds is 5. The lowest BCUT2D eigenvalue weighted by Crippen LogP contribution is -2.03. The van der Waals surface area contributed by atoms with E-state index in [-0.39, 0.29) is 17.7 Å². The number of hydrogen-bond donors (Lipinski definition) is 1. The van der Waals surface area contributed by atoms with Crippen LogP contribution in [0, 0.1) is 18.6 Å². The first-order chi connectivity index (χ1) is 16.4. The summed E-state index contributed by atoms with van der Waals surface area (Å²) in [5, 5.41) is 3.33. The van der Waals surface area contributed by atoms with Crippen molar-refractivity contribution < 1.29 is 8.78 Å². The number of benzene rings is 3. The first-order valence-electron chi connectivity index (χ1n) is 11.2. The van der Waals surface area contributed by atoms with E-state index in [1.54, 1.807) is 30.5 Å². The summed E-state index contributed by atoms with van der Waals surface area (Å²) in [6, 6.07) is 21.1. The minimum absolute atomic E-state index is 0.140. The molecule has 0 unspecified atom stereocenters. The largest absolute Gasteiger partial charge is 0.354 e. The molecule has 0 aliphatic heterocycles. The van der Waals surface area contributed by atoms with Gasteiger partial charge in [0.05, 0.1) is 11.2 Å². The molecule has 0 spiro atoms. The lowest BCUT2D eigenvalue weighted by Gasteiger charge is -2.13. The maximum absolute atomic E-state index is 15.0. The molecule has 170 valence electrons. The molecule has 1 N–H and O–H groups in total. The maximum Gasteiger partial charge on any atom is 0.141 e. The summed E-state index contributed by atoms with van der Waals surface area (Å²) in [4.78, 5) is 9.09. The third kappa shape index (κ3) is 4.03. The fourth-order valence-electron chi connectivity index (χ4n) is 4.24. The molecule has 0 aliphatic carbocycles. The number of anilines is 2. The molecule has 0 atom stereocenters. The second kappa shape index (κ2) is 8.71. The number of fused-ring (bicyclic) bond motifs is 1. The number of hydrogen-bond acceptors (Lipinski definition) is 3. The quantitative estimate of drug-likeness (QED) is 0.296. The molecule has 34 heavy (non-hydrogen) atoms. The van der Waals surface area contributed by atoms with E-state index in [1.807, 2.05) is 37.3 Å². The number of aryl methyl sites for hydroxylation is 1. The summed E-state index contributed by atoms with van der Waals surface area (Å²) in [5.41, 5.74) is 6.10. The van der Waals surface area contributed by atoms with E-state index in [1.165, 1.54) is 18.2 Å². The summed E-state index contributed by atoms with van der Waals surface area (Å²) in [7, 11) is 0. The fraction of sp³-hybridized carbons (Fsp3) is 0.143. The Bertz CT molecular complexity index is 1490. The second-order valence-corrected chi connectivity index (χ2v) is 8.58. The van der Waals surface area contributed by atoms with Gasteiger partial charge < -0.3 is 9.88 Å². The Balaban J connectivity index is 1.55. The molecule has 0 amide bonds. The number of nitrogens with zero attached hydrogens (tertiary/aromatic N) is 3. The average Bonchev–Trinajstić information content (AvgIpc) is 3.21. The van der Waals surface area contributed by atoms with Crippen LogP contribution in [-0.4, -0.2) is 14.5 Å². The highest BCUT2D eigenvalue weighted by atomic mass is 19.1. The minimum Gasteiger partial charge on any atom is -0.354 e. The lowest BCUT2D eigenvalue weighted by molar-refractivity contribution is 0.621. The van der Waals surface area contributed by atoms with Crippen LogP contribution in [0.5, 0.6) is 0 Å². The van der Waals surface area contributed by atoms with Crippen molar-refractivity contribution in [3.63, 3.8) is 0 Å². The van der Waals surface area contributed by atoms with Crippen LogP contribution < -0.4 is 5.32 Å². The van der Waals surface area contributed by atoms with E-state index in [2.05, 4.69) is 28.7 Å². The Morgan fingerprint density at radius 1 is 0.882 bits per heavy atom. The molecule has 4 nitrogen and oxygen atoms in total. The van der Waals surface area contributed by atoms with Crippen molar-refractivity contribution in [2.45, 2.75) is 26.8 Å². The molecule has 6 heteroatoms. The van der Waals surface area contributed by atoms with Gasteiger partial charge in [-0.3, -0.25) is 4.98 Å². The van der Waals surface area contributed by atoms with Gasteiger partial charge in [0.25, 0.3) is 0 Å². The smallest absolute Gasteiger partial charge is 0.141 e. The Hall–Kier alpha value is -4.06. The highest BCUT2D eigenvalue weighted by Crippen LogP contribution is 2.34. The SMILES string of the molecule is Cc1cc(-c2ccc(Nc3cccc4c3nc(-c3ccc(F)cc3)n4C(C)C)cc2F)ccn1. The molecule has 0 fully saturated rings. The van der Waals surface area contributed by atoms with Crippen molar-refractivity contribution in [2.75, 3.05) is 5.32 Å². The van der Waals surface area contributed by atoms with Crippen molar-refractivity contribution in [2.24, 2.45) is 0 Å². The topological polar surface area (TPSA) is 42.7 Å². The van der Waals surface area contributed by atoms with Gasteiger partial charge in [-0.25, -0.2) is 13.8 Å². The van der Waals surface area contributed by atoms with Gasteiger partial charge in [0.1, 0.15) is 23.0 Å². The molecule has 2 heterocycles. The zero-order valence-electron chi connectivity index (χ0n) is 19.2. The molecule has 5 aromatic rings. The second-order valence-electron chi connectivity index (χ2n) is 8.58. The predicted octanol–water partition coefficient (Wildman–Crippen LogP) is 7.68. The van der Waals surface area contributed by atoms with Crippen LogP contribution in [0.3, 0.4) is 0 Å². The standard InChI is InChI=1S/C28H24F2N4/c1-17(2)34-26-6-4-5-25(27(26)33-28(34)19-7-9-21(29)10-8-19)32-22-11-12-23(24(30)16-22)20-13-14-31-18(3)15-20/h4-17,32H,1-3H3. The van der Waals surface area contributed by atoms with Crippen molar-refractivity contribution in [3.8, 4) is 22.5 Å². The third-order valence-corrected chi connectivity index (χ3v) is 5.79. The van der Waals surface area contributed by atoms with Gasteiger partial charge in [0.15, 0.2) is 0 Å². The van der Waals surface area contributed by atoms with Crippen LogP contribution in [0.4, 0.5) is 20.2 Å². The minimum atomic E-state index is -0.317. The van der Waals surface area contributed by atoms with Gasteiger partial charge in [-0.1, -0.05) is 6.07 Å². The molecule has 0 aliphatic rings. The highest BCUT2D eigenvalue weighted by Gasteiger charge is 2.18. The van der Waals surface area contributed by atoms with Gasteiger partial charge in [-0.2, -0.15) is 0 Å². The molecule has 0 bridgehead atoms. The van der Waals surface area contributed by atoms with E-state index in [0.29, 0.717) is 11.3 Å². The van der Waals surface area contributed by atoms with Gasteiger partial charge in [0.2, 0.25) is 0 Å². The number of para-hydroxylation sites is 1. The summed E-state index contributed by atoms with van der Waals surface area (Å²) < 4.78 is 30.6. The molecule has 3 aromatic carbocycles. The molecular weight excluding hydrogens is 430 g/mol. The van der Waals surface area contributed by atoms with Gasteiger partial charge in [-0.05, 0) is 93.1 Å². The van der Waals surface area contributed by atoms with Crippen LogP contribution >= 0.6 is 0 Å². The first kappa shape index (κ1) is 21.8. The number of pyridine rings is 1. The van der Waals surface area contributed by atoms with E-state index in [0.717, 1.165) is 39.4 Å². The third-order valence-electron chi connectivity index (χ3n) is 5.79. The van der Waals surface area contributed by atoms with E-state index >= 15 is 4.39 Å². The molecule has 0 saturated heterocycles. The van der Waals surface area contributed by atoms with Gasteiger partial charge in [-0.15, -0.1) is 0 Å². The highest BCUT2D eigenvalue weighted by molar-refractivity contribution is 5.93. The zero-order valence-corrected chi connectivity index (χ0v) is 19.2. The van der Waals surface area contributed by atoms with E-state index in [4.69, 9.17) is 4.98 Å². The van der Waals surface area contributed by atoms with Gasteiger partial charge in [0, 0.05) is 34.7 Å². The average molecular weight is 455 g/mol. The summed E-state index contributed by atoms with van der Waals surface area (Å²) >= 11 is 0. The van der Waals surface area contributed by atoms with Crippen molar-refractivity contribution in [3.05, 3.63) is 96.3 Å². The summed E-state index contributed by atoms with van der Waals surface area (Å²) in [5.74, 6) is 0.155. The maximum atomic E-state index is 15.0. The van der Waals surface area contributed by atoms with E-state index < -0.39 is 0 Å². The van der Waals surface area contributed by atoms with Crippen LogP contribution in [0.2, 0.25) is 0 Å². The fourth-order valence-corrected chi connectivity index (χ4v) is 4.24. The molecule has 2 aromatic heterocycles. The van der Waals surface area contributed by atoms with Crippen LogP contribution in [0.1, 0.15) is 25.6 Å². The Morgan fingerprint density at radius 3 is 2.38 bits per heavy atom. The van der Waals surface area contributed by atoms with Gasteiger partial charge >= 0.3 is 0 Å². The lowest BCUT2D eigenvalue weighted by atomic mass is 10.0. The summed E-state index contributed by atoms with van der Waals surface area (Å²) in [6.07, 6.45) is 1.68. The van der Waals surface area contributed by atoms with Crippen molar-refractivity contribution in [1.82, 2.24) is 14.5 Å². The van der Waals surface area contributed by atoms with E-state index in [9.17, 15) is 4.39 Å². The van der Waals surface area contributed by atoms with Crippen molar-refractivity contribution >= 4 is 22.4 Å². The Labute approximate surface area is 196 Å². The molecule has 0 saturated carbocycles. The molecule has 5 rings (SSSR count). The first-order valence-corrected chi connectivity index (χ1v) is 11.2. The zero-order chi connectivity index (χ0) is 23.8. The van der Waals surface area contributed by atoms with Crippen molar-refractivity contribution in [1.29, 1.82) is 0 Å². The number of imidazole rings is 1. The monoisotopic (exact) mass is 454 g/mol. The van der Waals surface area contributed by atoms with Crippen LogP contribution in [-0.2, 0) is 0 Å². The Kier molecular flexibility index (Phi) is 5.57. The van der Waals surface area contributed by atoms with Crippen LogP contribution in [0.25, 0.3) is 33.5 Å². The van der Waals surface area contributed by atoms with Crippen LogP contribution in [0.15, 0.2) is 79.0 Å². The number of nitrogens with one attached hydrogen (secondary N) is 1. The normalized spacial score (nSPS) is 11.4. The summed E-state index contributed by atoms with van der Waals surface area (Å²) in [6.45, 7) is 6.06. The predicted molar refractivity (Wildman–Crippen MR) is 133 cm³/mol. The Morgan fingerprint density at radius 2 is 1.68 bits per heavy atom. The number of aromatic nitrogens is 3. The molecular formula is C28H24F2N4.